The molecular formula is C13H7ClF2N2. The minimum Gasteiger partial charge on any atom is -0.353 e. The maximum atomic E-state index is 13.4. The molecule has 0 saturated carbocycles. The number of nitrogens with one attached hydrogen (secondary N) is 1. The third-order valence-electron chi connectivity index (χ3n) is 2.30. The highest BCUT2D eigenvalue weighted by Gasteiger charge is 2.06. The smallest absolute Gasteiger partial charge is 0.146 e. The monoisotopic (exact) mass is 264 g/mol. The quantitative estimate of drug-likeness (QED) is 0.881. The summed E-state index contributed by atoms with van der Waals surface area (Å²) in [5.74, 6) is -1.12. The Morgan fingerprint density at radius 2 is 1.89 bits per heavy atom. The first-order valence-corrected chi connectivity index (χ1v) is 5.39. The van der Waals surface area contributed by atoms with E-state index >= 15 is 0 Å². The summed E-state index contributed by atoms with van der Waals surface area (Å²) in [6.45, 7) is 0. The zero-order valence-corrected chi connectivity index (χ0v) is 9.80. The number of benzene rings is 2. The van der Waals surface area contributed by atoms with E-state index in [4.69, 9.17) is 16.9 Å². The Kier molecular flexibility index (Phi) is 3.45. The molecule has 0 aliphatic rings. The lowest BCUT2D eigenvalue weighted by Gasteiger charge is -2.08. The summed E-state index contributed by atoms with van der Waals surface area (Å²) in [7, 11) is 0. The largest absolute Gasteiger partial charge is 0.353 e. The van der Waals surface area contributed by atoms with Gasteiger partial charge in [-0.05, 0) is 30.3 Å². The van der Waals surface area contributed by atoms with Gasteiger partial charge in [0.2, 0.25) is 0 Å². The first-order chi connectivity index (χ1) is 8.60. The van der Waals surface area contributed by atoms with Crippen LogP contribution in [0.2, 0.25) is 5.02 Å². The van der Waals surface area contributed by atoms with Crippen LogP contribution in [-0.4, -0.2) is 0 Å². The molecule has 0 aliphatic heterocycles. The lowest BCUT2D eigenvalue weighted by atomic mass is 10.2. The lowest BCUT2D eigenvalue weighted by molar-refractivity contribution is 0.603. The number of halogens is 3. The highest BCUT2D eigenvalue weighted by Crippen LogP contribution is 2.25. The van der Waals surface area contributed by atoms with Crippen molar-refractivity contribution in [2.24, 2.45) is 0 Å². The maximum Gasteiger partial charge on any atom is 0.146 e. The van der Waals surface area contributed by atoms with Crippen LogP contribution in [0.15, 0.2) is 36.4 Å². The first-order valence-electron chi connectivity index (χ1n) is 5.02. The van der Waals surface area contributed by atoms with E-state index in [0.29, 0.717) is 11.3 Å². The van der Waals surface area contributed by atoms with Gasteiger partial charge >= 0.3 is 0 Å². The zero-order valence-electron chi connectivity index (χ0n) is 9.05. The Morgan fingerprint density at radius 3 is 2.56 bits per heavy atom. The highest BCUT2D eigenvalue weighted by atomic mass is 35.5. The van der Waals surface area contributed by atoms with Crippen molar-refractivity contribution in [3.63, 3.8) is 0 Å². The van der Waals surface area contributed by atoms with E-state index in [1.54, 1.807) is 6.07 Å². The molecule has 18 heavy (non-hydrogen) atoms. The zero-order chi connectivity index (χ0) is 13.1. The van der Waals surface area contributed by atoms with Crippen LogP contribution in [0.4, 0.5) is 20.2 Å². The number of rotatable bonds is 2. The summed E-state index contributed by atoms with van der Waals surface area (Å²) in [5, 5.41) is 11.7. The molecular weight excluding hydrogens is 258 g/mol. The molecule has 2 aromatic rings. The highest BCUT2D eigenvalue weighted by molar-refractivity contribution is 6.32. The topological polar surface area (TPSA) is 35.8 Å². The second-order valence-electron chi connectivity index (χ2n) is 3.56. The fraction of sp³-hybridized carbons (Fsp3) is 0. The number of anilines is 2. The predicted molar refractivity (Wildman–Crippen MR) is 65.8 cm³/mol. The number of nitriles is 1. The Morgan fingerprint density at radius 1 is 1.11 bits per heavy atom. The van der Waals surface area contributed by atoms with Gasteiger partial charge in [0.05, 0.1) is 16.3 Å². The molecule has 0 atom stereocenters. The van der Waals surface area contributed by atoms with E-state index in [1.807, 2.05) is 6.07 Å². The second kappa shape index (κ2) is 5.03. The van der Waals surface area contributed by atoms with Crippen LogP contribution in [0.5, 0.6) is 0 Å². The van der Waals surface area contributed by atoms with Crippen molar-refractivity contribution in [1.29, 1.82) is 5.26 Å². The third-order valence-corrected chi connectivity index (χ3v) is 2.61. The van der Waals surface area contributed by atoms with Gasteiger partial charge in [-0.15, -0.1) is 0 Å². The Hall–Kier alpha value is -2.12. The van der Waals surface area contributed by atoms with Crippen molar-refractivity contribution < 1.29 is 8.78 Å². The summed E-state index contributed by atoms with van der Waals surface area (Å²) >= 11 is 5.84. The van der Waals surface area contributed by atoms with Gasteiger partial charge in [0.1, 0.15) is 17.7 Å². The molecule has 0 spiro atoms. The Balaban J connectivity index is 2.32. The first kappa shape index (κ1) is 12.3. The molecule has 90 valence electrons. The summed E-state index contributed by atoms with van der Waals surface area (Å²) in [6, 6.07) is 9.56. The normalized spacial score (nSPS) is 9.89. The van der Waals surface area contributed by atoms with Gasteiger partial charge < -0.3 is 5.32 Å². The van der Waals surface area contributed by atoms with E-state index in [1.165, 1.54) is 12.1 Å². The molecule has 2 nitrogen and oxygen atoms in total. The molecule has 0 aromatic heterocycles. The molecule has 0 bridgehead atoms. The van der Waals surface area contributed by atoms with E-state index < -0.39 is 11.6 Å². The van der Waals surface area contributed by atoms with Gasteiger partial charge in [-0.2, -0.15) is 5.26 Å². The number of nitrogens with zero attached hydrogens (tertiary/aromatic N) is 1. The van der Waals surface area contributed by atoms with Crippen LogP contribution >= 0.6 is 11.6 Å². The minimum atomic E-state index is -0.572. The standard InChI is InChI=1S/C13H7ClF2N2/c14-11-6-10(3-1-8(11)7-17)18-13-5-9(15)2-4-12(13)16/h1-6,18H. The summed E-state index contributed by atoms with van der Waals surface area (Å²) < 4.78 is 26.4. The molecule has 0 unspecified atom stereocenters. The average molecular weight is 265 g/mol. The van der Waals surface area contributed by atoms with Crippen LogP contribution in [0, 0.1) is 23.0 Å². The van der Waals surface area contributed by atoms with Crippen molar-refractivity contribution in [2.75, 3.05) is 5.32 Å². The van der Waals surface area contributed by atoms with Crippen molar-refractivity contribution in [2.45, 2.75) is 0 Å². The van der Waals surface area contributed by atoms with E-state index in [9.17, 15) is 8.78 Å². The van der Waals surface area contributed by atoms with Crippen LogP contribution in [0.25, 0.3) is 0 Å². The minimum absolute atomic E-state index is 0.00998. The lowest BCUT2D eigenvalue weighted by Crippen LogP contribution is -1.95. The summed E-state index contributed by atoms with van der Waals surface area (Å²) in [5.41, 5.74) is 0.807. The molecule has 0 amide bonds. The molecule has 5 heteroatoms. The van der Waals surface area contributed by atoms with Crippen LogP contribution in [0.1, 0.15) is 5.56 Å². The molecule has 2 aromatic carbocycles. The van der Waals surface area contributed by atoms with Crippen LogP contribution < -0.4 is 5.32 Å². The number of hydrogen-bond acceptors (Lipinski definition) is 2. The fourth-order valence-corrected chi connectivity index (χ4v) is 1.66. The van der Waals surface area contributed by atoms with Crippen molar-refractivity contribution >= 4 is 23.0 Å². The van der Waals surface area contributed by atoms with Gasteiger partial charge in [-0.1, -0.05) is 11.6 Å². The molecule has 1 N–H and O–H groups in total. The average Bonchev–Trinajstić information content (AvgIpc) is 2.34. The summed E-state index contributed by atoms with van der Waals surface area (Å²) in [6.07, 6.45) is 0. The van der Waals surface area contributed by atoms with Gasteiger partial charge in [0.25, 0.3) is 0 Å². The van der Waals surface area contributed by atoms with E-state index in [-0.39, 0.29) is 10.7 Å². The van der Waals surface area contributed by atoms with Gasteiger partial charge in [0.15, 0.2) is 0 Å². The van der Waals surface area contributed by atoms with Crippen LogP contribution in [-0.2, 0) is 0 Å². The molecule has 2 rings (SSSR count). The van der Waals surface area contributed by atoms with Crippen molar-refractivity contribution in [3.05, 3.63) is 58.6 Å². The SMILES string of the molecule is N#Cc1ccc(Nc2cc(F)ccc2F)cc1Cl. The Labute approximate surface area is 107 Å². The molecule has 0 saturated heterocycles. The fourth-order valence-electron chi connectivity index (χ4n) is 1.43. The van der Waals surface area contributed by atoms with Gasteiger partial charge in [-0.25, -0.2) is 8.78 Å². The van der Waals surface area contributed by atoms with Crippen molar-refractivity contribution in [3.8, 4) is 6.07 Å². The molecule has 0 heterocycles. The Bertz CT molecular complexity index is 635. The van der Waals surface area contributed by atoms with Crippen LogP contribution in [0.3, 0.4) is 0 Å². The number of hydrogen-bond donors (Lipinski definition) is 1. The molecule has 0 radical (unpaired) electrons. The van der Waals surface area contributed by atoms with Gasteiger partial charge in [0, 0.05) is 11.8 Å². The van der Waals surface area contributed by atoms with E-state index in [0.717, 1.165) is 18.2 Å². The van der Waals surface area contributed by atoms with E-state index in [2.05, 4.69) is 5.32 Å². The second-order valence-corrected chi connectivity index (χ2v) is 3.96. The maximum absolute atomic E-state index is 13.4. The summed E-state index contributed by atoms with van der Waals surface area (Å²) in [4.78, 5) is 0. The predicted octanol–water partition coefficient (Wildman–Crippen LogP) is 4.23. The molecule has 0 fully saturated rings. The van der Waals surface area contributed by atoms with Crippen molar-refractivity contribution in [1.82, 2.24) is 0 Å². The third kappa shape index (κ3) is 2.58. The van der Waals surface area contributed by atoms with Gasteiger partial charge in [-0.3, -0.25) is 0 Å². The molecule has 0 aliphatic carbocycles.